The highest BCUT2D eigenvalue weighted by Crippen LogP contribution is 2.21. The predicted octanol–water partition coefficient (Wildman–Crippen LogP) is 0.928. The molecule has 1 unspecified atom stereocenters. The fraction of sp³-hybridized carbons (Fsp3) is 0.643. The smallest absolute Gasteiger partial charge is 0.301 e. The van der Waals surface area contributed by atoms with E-state index in [0.717, 1.165) is 37.1 Å². The van der Waals surface area contributed by atoms with E-state index in [2.05, 4.69) is 10.3 Å². The third kappa shape index (κ3) is 3.39. The molecule has 4 N–H and O–H groups in total. The number of hydrogen-bond acceptors (Lipinski definition) is 5. The molecule has 1 aliphatic heterocycles. The number of hydrogen-bond donors (Lipinski definition) is 3. The Morgan fingerprint density at radius 2 is 2.35 bits per heavy atom. The fourth-order valence-corrected chi connectivity index (χ4v) is 2.77. The molecule has 6 nitrogen and oxygen atoms in total. The lowest BCUT2D eigenvalue weighted by atomic mass is 10.1. The van der Waals surface area contributed by atoms with Crippen molar-refractivity contribution in [3.05, 3.63) is 23.2 Å². The molecule has 112 valence electrons. The number of aryl methyl sites for hydroxylation is 1. The van der Waals surface area contributed by atoms with Gasteiger partial charge in [-0.25, -0.2) is 5.84 Å². The van der Waals surface area contributed by atoms with E-state index in [4.69, 9.17) is 10.3 Å². The summed E-state index contributed by atoms with van der Waals surface area (Å²) in [6, 6.07) is 2.04. The first-order valence-corrected chi connectivity index (χ1v) is 7.11. The highest BCUT2D eigenvalue weighted by molar-refractivity contribution is 5.92. The summed E-state index contributed by atoms with van der Waals surface area (Å²) in [5.41, 5.74) is 2.86. The Labute approximate surface area is 118 Å². The van der Waals surface area contributed by atoms with E-state index < -0.39 is 5.91 Å². The normalized spacial score (nSPS) is 20.6. The van der Waals surface area contributed by atoms with Gasteiger partial charge in [-0.2, -0.15) is 0 Å². The van der Waals surface area contributed by atoms with Crippen LogP contribution in [0.3, 0.4) is 0 Å². The van der Waals surface area contributed by atoms with Crippen LogP contribution in [0.25, 0.3) is 0 Å². The molecular formula is C14H23N3O3. The number of nitrogen functional groups attached to an aromatic ring is 1. The van der Waals surface area contributed by atoms with E-state index in [9.17, 15) is 9.90 Å². The number of aliphatic hydroxyl groups excluding tert-OH is 1. The Balaban J connectivity index is 2.10. The van der Waals surface area contributed by atoms with Crippen LogP contribution in [-0.4, -0.2) is 35.1 Å². The standard InChI is InChI=1S/C14H23N3O3/c1-10-7-12(20-13(10)14(19)16-15)8-17-6-4-2-3-5-11(17)9-18/h7,11,18H,2-6,8-9,15H2,1H3,(H,16,19). The minimum Gasteiger partial charge on any atom is -0.454 e. The highest BCUT2D eigenvalue weighted by Gasteiger charge is 2.22. The van der Waals surface area contributed by atoms with E-state index in [0.29, 0.717) is 6.54 Å². The van der Waals surface area contributed by atoms with Gasteiger partial charge in [0, 0.05) is 11.6 Å². The van der Waals surface area contributed by atoms with Crippen LogP contribution >= 0.6 is 0 Å². The van der Waals surface area contributed by atoms with Gasteiger partial charge in [0.05, 0.1) is 13.2 Å². The number of aliphatic hydroxyl groups is 1. The Morgan fingerprint density at radius 1 is 1.55 bits per heavy atom. The van der Waals surface area contributed by atoms with E-state index in [-0.39, 0.29) is 18.4 Å². The molecule has 0 aromatic carbocycles. The van der Waals surface area contributed by atoms with E-state index in [1.807, 2.05) is 13.0 Å². The number of rotatable bonds is 4. The highest BCUT2D eigenvalue weighted by atomic mass is 16.4. The number of nitrogens with zero attached hydrogens (tertiary/aromatic N) is 1. The SMILES string of the molecule is Cc1cc(CN2CCCCCC2CO)oc1C(=O)NN. The molecule has 2 heterocycles. The molecule has 0 aliphatic carbocycles. The van der Waals surface area contributed by atoms with Crippen LogP contribution in [0.2, 0.25) is 0 Å². The molecule has 6 heteroatoms. The van der Waals surface area contributed by atoms with Gasteiger partial charge in [0.25, 0.3) is 0 Å². The van der Waals surface area contributed by atoms with E-state index >= 15 is 0 Å². The van der Waals surface area contributed by atoms with Crippen LogP contribution in [0.5, 0.6) is 0 Å². The van der Waals surface area contributed by atoms with Crippen LogP contribution in [0, 0.1) is 6.92 Å². The van der Waals surface area contributed by atoms with Gasteiger partial charge in [-0.1, -0.05) is 12.8 Å². The van der Waals surface area contributed by atoms with E-state index in [1.54, 1.807) is 0 Å². The topological polar surface area (TPSA) is 91.7 Å². The number of furan rings is 1. The Kier molecular flexibility index (Phi) is 5.17. The van der Waals surface area contributed by atoms with Crippen LogP contribution in [-0.2, 0) is 6.54 Å². The van der Waals surface area contributed by atoms with Crippen molar-refractivity contribution in [1.29, 1.82) is 0 Å². The van der Waals surface area contributed by atoms with Gasteiger partial charge in [0.2, 0.25) is 0 Å². The number of likely N-dealkylation sites (tertiary alicyclic amines) is 1. The maximum absolute atomic E-state index is 11.5. The van der Waals surface area contributed by atoms with Crippen molar-refractivity contribution in [1.82, 2.24) is 10.3 Å². The average Bonchev–Trinajstić information content (AvgIpc) is 2.67. The first-order valence-electron chi connectivity index (χ1n) is 7.11. The van der Waals surface area contributed by atoms with Crippen LogP contribution in [0.15, 0.2) is 10.5 Å². The van der Waals surface area contributed by atoms with Gasteiger partial charge in [-0.3, -0.25) is 15.1 Å². The van der Waals surface area contributed by atoms with Crippen molar-refractivity contribution in [3.63, 3.8) is 0 Å². The molecule has 0 bridgehead atoms. The molecule has 0 saturated carbocycles. The zero-order valence-electron chi connectivity index (χ0n) is 11.9. The minimum absolute atomic E-state index is 0.163. The predicted molar refractivity (Wildman–Crippen MR) is 74.9 cm³/mol. The fourth-order valence-electron chi connectivity index (χ4n) is 2.77. The first kappa shape index (κ1) is 15.0. The number of hydrazine groups is 1. The molecule has 1 aromatic rings. The molecular weight excluding hydrogens is 258 g/mol. The van der Waals surface area contributed by atoms with Crippen LogP contribution < -0.4 is 11.3 Å². The summed E-state index contributed by atoms with van der Waals surface area (Å²) in [5.74, 6) is 5.71. The van der Waals surface area contributed by atoms with Gasteiger partial charge < -0.3 is 9.52 Å². The number of carbonyl (C=O) groups excluding carboxylic acids is 1. The van der Waals surface area contributed by atoms with E-state index in [1.165, 1.54) is 6.42 Å². The van der Waals surface area contributed by atoms with Crippen LogP contribution in [0.4, 0.5) is 0 Å². The molecule has 20 heavy (non-hydrogen) atoms. The molecule has 1 amide bonds. The molecule has 1 aromatic heterocycles. The summed E-state index contributed by atoms with van der Waals surface area (Å²) in [6.07, 6.45) is 4.49. The second-order valence-corrected chi connectivity index (χ2v) is 5.35. The minimum atomic E-state index is -0.414. The molecule has 1 saturated heterocycles. The van der Waals surface area contributed by atoms with Crippen molar-refractivity contribution in [2.45, 2.75) is 45.2 Å². The van der Waals surface area contributed by atoms with Crippen molar-refractivity contribution in [2.24, 2.45) is 5.84 Å². The van der Waals surface area contributed by atoms with Crippen LogP contribution in [0.1, 0.15) is 47.6 Å². The lowest BCUT2D eigenvalue weighted by Crippen LogP contribution is -2.36. The van der Waals surface area contributed by atoms with Crippen molar-refractivity contribution < 1.29 is 14.3 Å². The quantitative estimate of drug-likeness (QED) is 0.434. The van der Waals surface area contributed by atoms with Crippen molar-refractivity contribution >= 4 is 5.91 Å². The Bertz CT molecular complexity index is 459. The number of nitrogens with one attached hydrogen (secondary N) is 1. The maximum Gasteiger partial charge on any atom is 0.301 e. The number of nitrogens with two attached hydrogens (primary N) is 1. The molecule has 0 spiro atoms. The third-order valence-corrected chi connectivity index (χ3v) is 3.87. The summed E-state index contributed by atoms with van der Waals surface area (Å²) in [6.45, 7) is 3.55. The van der Waals surface area contributed by atoms with Crippen molar-refractivity contribution in [2.75, 3.05) is 13.2 Å². The first-order chi connectivity index (χ1) is 9.65. The van der Waals surface area contributed by atoms with Crippen molar-refractivity contribution in [3.8, 4) is 0 Å². The maximum atomic E-state index is 11.5. The van der Waals surface area contributed by atoms with Gasteiger partial charge in [0.1, 0.15) is 5.76 Å². The summed E-state index contributed by atoms with van der Waals surface area (Å²) >= 11 is 0. The van der Waals surface area contributed by atoms with Gasteiger partial charge >= 0.3 is 5.91 Å². The Morgan fingerprint density at radius 3 is 3.05 bits per heavy atom. The third-order valence-electron chi connectivity index (χ3n) is 3.87. The van der Waals surface area contributed by atoms with Gasteiger partial charge in [-0.15, -0.1) is 0 Å². The molecule has 1 fully saturated rings. The largest absolute Gasteiger partial charge is 0.454 e. The number of amides is 1. The second kappa shape index (κ2) is 6.88. The Hall–Kier alpha value is -1.37. The molecule has 1 aliphatic rings. The lowest BCUT2D eigenvalue weighted by molar-refractivity contribution is 0.0910. The molecule has 1 atom stereocenters. The summed E-state index contributed by atoms with van der Waals surface area (Å²) < 4.78 is 5.59. The number of carbonyl (C=O) groups is 1. The second-order valence-electron chi connectivity index (χ2n) is 5.35. The monoisotopic (exact) mass is 281 g/mol. The average molecular weight is 281 g/mol. The zero-order chi connectivity index (χ0) is 14.5. The summed E-state index contributed by atoms with van der Waals surface area (Å²) in [4.78, 5) is 13.8. The summed E-state index contributed by atoms with van der Waals surface area (Å²) in [5, 5.41) is 9.50. The summed E-state index contributed by atoms with van der Waals surface area (Å²) in [7, 11) is 0. The zero-order valence-corrected chi connectivity index (χ0v) is 11.9. The molecule has 0 radical (unpaired) electrons. The van der Waals surface area contributed by atoms with Gasteiger partial charge in [0.15, 0.2) is 5.76 Å². The lowest BCUT2D eigenvalue weighted by Gasteiger charge is -2.27. The van der Waals surface area contributed by atoms with Gasteiger partial charge in [-0.05, 0) is 32.4 Å². The molecule has 2 rings (SSSR count).